The number of halogens is 20. The molecule has 0 radical (unpaired) electrons. The van der Waals surface area contributed by atoms with Gasteiger partial charge in [0.2, 0.25) is 5.78 Å². The molecular weight excluding hydrogens is 1120 g/mol. The Morgan fingerprint density at radius 2 is 0.582 bits per heavy atom. The SMILES string of the molecule is CCCCCCCCCCCCCCCCCCc1ccc(C(=O)C[S+](CCO)CCO)cc1.Fc1c(F)c(F)c([B-](c2c(F)c(F)c(F)c(F)c2F)(c2c(F)c(F)c(F)c(F)c2F)c2c(F)c(F)c(F)c(F)c2F)c(F)c1F. The highest BCUT2D eigenvalue weighted by Gasteiger charge is 2.52. The molecule has 3 nitrogen and oxygen atoms in total. The van der Waals surface area contributed by atoms with E-state index in [9.17, 15) is 57.5 Å². The van der Waals surface area contributed by atoms with E-state index in [1.165, 1.54) is 108 Å². The van der Waals surface area contributed by atoms with Gasteiger partial charge in [0, 0.05) is 16.5 Å². The Labute approximate surface area is 444 Å². The highest BCUT2D eigenvalue weighted by molar-refractivity contribution is 7.97. The average molecular weight is 1170 g/mol. The van der Waals surface area contributed by atoms with Crippen LogP contribution in [0.25, 0.3) is 0 Å². The molecule has 0 amide bonds. The van der Waals surface area contributed by atoms with E-state index in [1.807, 2.05) is 12.1 Å². The van der Waals surface area contributed by atoms with E-state index in [2.05, 4.69) is 19.1 Å². The Bertz CT molecular complexity index is 2500. The Morgan fingerprint density at radius 1 is 0.354 bits per heavy atom. The summed E-state index contributed by atoms with van der Waals surface area (Å²) in [6.07, 6.45) is 16.1. The van der Waals surface area contributed by atoms with Crippen molar-refractivity contribution in [3.05, 3.63) is 152 Å². The molecule has 0 aromatic heterocycles. The molecule has 0 aliphatic carbocycles. The second-order valence-electron chi connectivity index (χ2n) is 18.6. The number of carbonyl (C=O) groups is 1. The van der Waals surface area contributed by atoms with Crippen LogP contribution in [0.2, 0.25) is 0 Å². The van der Waals surface area contributed by atoms with Crippen molar-refractivity contribution in [2.45, 2.75) is 116 Å². The lowest BCUT2D eigenvalue weighted by atomic mass is 9.12. The number of ketones is 1. The van der Waals surface area contributed by atoms with Gasteiger partial charge in [-0.25, -0.2) is 87.8 Å². The summed E-state index contributed by atoms with van der Waals surface area (Å²) in [7, 11) is -0.225. The second kappa shape index (κ2) is 30.5. The summed E-state index contributed by atoms with van der Waals surface area (Å²) in [6, 6.07) is 8.08. The Balaban J connectivity index is 0.000000355. The molecule has 2 N–H and O–H groups in total. The van der Waals surface area contributed by atoms with Crippen LogP contribution in [0.5, 0.6) is 0 Å². The third-order valence-electron chi connectivity index (χ3n) is 13.4. The lowest BCUT2D eigenvalue weighted by molar-refractivity contribution is 0.102. The molecule has 436 valence electrons. The smallest absolute Gasteiger partial charge is 0.211 e. The lowest BCUT2D eigenvalue weighted by Crippen LogP contribution is -2.81. The van der Waals surface area contributed by atoms with Gasteiger partial charge in [0.1, 0.15) is 64.2 Å². The highest BCUT2D eigenvalue weighted by Crippen LogP contribution is 2.31. The fourth-order valence-corrected chi connectivity index (χ4v) is 10.9. The first-order chi connectivity index (χ1) is 37.4. The summed E-state index contributed by atoms with van der Waals surface area (Å²) >= 11 is 0. The van der Waals surface area contributed by atoms with E-state index in [0.717, 1.165) is 12.0 Å². The molecule has 0 saturated heterocycles. The number of aliphatic hydroxyl groups excluding tert-OH is 2. The molecule has 0 aliphatic heterocycles. The Morgan fingerprint density at radius 3 is 0.823 bits per heavy atom. The number of aryl methyl sites for hydroxylation is 1. The number of hydrogen-bond acceptors (Lipinski definition) is 3. The van der Waals surface area contributed by atoms with Crippen LogP contribution >= 0.6 is 0 Å². The molecular formula is C54H53BF20O3S. The summed E-state index contributed by atoms with van der Waals surface area (Å²) in [5.41, 5.74) is -12.3. The number of Topliss-reactive ketones (excluding diaryl/α,β-unsaturated/α-hetero) is 1. The van der Waals surface area contributed by atoms with Crippen LogP contribution in [0.3, 0.4) is 0 Å². The number of hydrogen-bond donors (Lipinski definition) is 2. The molecule has 0 heterocycles. The number of rotatable bonds is 28. The first-order valence-corrected chi connectivity index (χ1v) is 26.9. The predicted molar refractivity (Wildman–Crippen MR) is 259 cm³/mol. The zero-order valence-corrected chi connectivity index (χ0v) is 43.0. The van der Waals surface area contributed by atoms with E-state index in [0.29, 0.717) is 17.3 Å². The summed E-state index contributed by atoms with van der Waals surface area (Å²) in [6.45, 7) is 2.44. The minimum atomic E-state index is -7.22. The van der Waals surface area contributed by atoms with Crippen LogP contribution in [0.1, 0.15) is 126 Å². The number of unbranched alkanes of at least 4 members (excludes halogenated alkanes) is 15. The van der Waals surface area contributed by atoms with Crippen LogP contribution in [0, 0.1) is 116 Å². The Kier molecular flexibility index (Phi) is 25.6. The van der Waals surface area contributed by atoms with Gasteiger partial charge in [-0.15, -0.1) is 21.9 Å². The van der Waals surface area contributed by atoms with Crippen LogP contribution in [0.4, 0.5) is 87.8 Å². The van der Waals surface area contributed by atoms with Crippen molar-refractivity contribution in [1.82, 2.24) is 0 Å². The van der Waals surface area contributed by atoms with Crippen LogP contribution in [-0.4, -0.2) is 52.6 Å². The minimum absolute atomic E-state index is 0.0780. The van der Waals surface area contributed by atoms with Crippen molar-refractivity contribution in [3.8, 4) is 0 Å². The lowest BCUT2D eigenvalue weighted by Gasteiger charge is -2.44. The molecule has 79 heavy (non-hydrogen) atoms. The van der Waals surface area contributed by atoms with E-state index in [4.69, 9.17) is 10.2 Å². The molecule has 0 aliphatic rings. The maximum absolute atomic E-state index is 15.4. The van der Waals surface area contributed by atoms with Gasteiger partial charge >= 0.3 is 0 Å². The van der Waals surface area contributed by atoms with Crippen molar-refractivity contribution < 1.29 is 103 Å². The molecule has 0 unspecified atom stereocenters. The normalized spacial score (nSPS) is 11.7. The zero-order valence-electron chi connectivity index (χ0n) is 42.2. The van der Waals surface area contributed by atoms with Crippen LogP contribution in [0.15, 0.2) is 24.3 Å². The largest absolute Gasteiger partial charge is 0.391 e. The van der Waals surface area contributed by atoms with Crippen LogP contribution < -0.4 is 21.9 Å². The third-order valence-corrected chi connectivity index (χ3v) is 15.6. The molecule has 0 saturated carbocycles. The zero-order chi connectivity index (χ0) is 59.1. The average Bonchev–Trinajstić information content (AvgIpc) is 3.54. The van der Waals surface area contributed by atoms with Gasteiger partial charge in [0.25, 0.3) is 0 Å². The van der Waals surface area contributed by atoms with Crippen molar-refractivity contribution in [2.24, 2.45) is 0 Å². The molecule has 5 rings (SSSR count). The maximum atomic E-state index is 15.4. The van der Waals surface area contributed by atoms with Crippen molar-refractivity contribution in [3.63, 3.8) is 0 Å². The van der Waals surface area contributed by atoms with E-state index in [1.54, 1.807) is 0 Å². The third kappa shape index (κ3) is 14.8. The van der Waals surface area contributed by atoms with Gasteiger partial charge in [-0.3, -0.25) is 4.79 Å². The van der Waals surface area contributed by atoms with E-state index in [-0.39, 0.29) is 29.9 Å². The Hall–Kier alpha value is -5.30. The molecule has 5 aromatic rings. The maximum Gasteiger partial charge on any atom is 0.211 e. The molecule has 0 bridgehead atoms. The number of benzene rings is 5. The van der Waals surface area contributed by atoms with Gasteiger partial charge in [-0.1, -0.05) is 128 Å². The standard InChI is InChI=1S/C30H53O3S.C24BF20/c1-2-3-4-5-6-7-8-9-10-11-12-13-14-15-16-17-18-28-19-21-29(22-20-28)30(33)27-34(25-23-31)26-24-32;26-5-1(6(27)14(35)21(42)13(5)34)25(2-7(28)15(36)22(43)16(37)8(2)29,3-9(30)17(38)23(44)18(39)10(3)31)4-11(32)19(40)24(45)20(41)12(4)33/h19-22,31-32H,2-18,23-27H2,1H3;/q+1;-1. The van der Waals surface area contributed by atoms with Gasteiger partial charge < -0.3 is 10.2 Å². The monoisotopic (exact) mass is 1170 g/mol. The minimum Gasteiger partial charge on any atom is -0.391 e. The summed E-state index contributed by atoms with van der Waals surface area (Å²) in [4.78, 5) is 12.5. The quantitative estimate of drug-likeness (QED) is 0.00998. The first-order valence-electron chi connectivity index (χ1n) is 25.1. The van der Waals surface area contributed by atoms with E-state index >= 15 is 35.1 Å². The second-order valence-corrected chi connectivity index (χ2v) is 20.9. The van der Waals surface area contributed by atoms with Crippen molar-refractivity contribution in [1.29, 1.82) is 0 Å². The van der Waals surface area contributed by atoms with Gasteiger partial charge in [-0.05, 0) is 18.4 Å². The van der Waals surface area contributed by atoms with Gasteiger partial charge in [0.15, 0.2) is 75.6 Å². The summed E-state index contributed by atoms with van der Waals surface area (Å²) in [5, 5.41) is 18.3. The number of aliphatic hydroxyl groups is 2. The first kappa shape index (κ1) is 66.2. The molecule has 0 spiro atoms. The molecule has 0 atom stereocenters. The molecule has 5 aromatic carbocycles. The fraction of sp³-hybridized carbons (Fsp3) is 0.426. The number of carbonyl (C=O) groups excluding carboxylic acids is 1. The summed E-state index contributed by atoms with van der Waals surface area (Å²) < 4.78 is 294. The highest BCUT2D eigenvalue weighted by atomic mass is 32.2. The van der Waals surface area contributed by atoms with Gasteiger partial charge in [0.05, 0.1) is 13.2 Å². The summed E-state index contributed by atoms with van der Waals surface area (Å²) in [5.74, 6) is -69.6. The topological polar surface area (TPSA) is 57.5 Å². The van der Waals surface area contributed by atoms with Crippen molar-refractivity contribution in [2.75, 3.05) is 30.5 Å². The van der Waals surface area contributed by atoms with E-state index < -0.39 is 144 Å². The van der Waals surface area contributed by atoms with Gasteiger partial charge in [-0.2, -0.15) is 0 Å². The van der Waals surface area contributed by atoms with Crippen LogP contribution in [-0.2, 0) is 17.3 Å². The van der Waals surface area contributed by atoms with Crippen molar-refractivity contribution >= 4 is 44.7 Å². The predicted octanol–water partition coefficient (Wildman–Crippen LogP) is 13.1. The fourth-order valence-electron chi connectivity index (χ4n) is 9.38. The molecule has 25 heteroatoms. The molecule has 0 fully saturated rings.